The van der Waals surface area contributed by atoms with Crippen LogP contribution in [0, 0.1) is 0 Å². The third-order valence-corrected chi connectivity index (χ3v) is 5.14. The van der Waals surface area contributed by atoms with Crippen LogP contribution in [-0.4, -0.2) is 71.9 Å². The minimum atomic E-state index is -4.69. The first-order valence-corrected chi connectivity index (χ1v) is 9.92. The van der Waals surface area contributed by atoms with Crippen LogP contribution in [0.25, 0.3) is 0 Å². The van der Waals surface area contributed by atoms with E-state index in [1.807, 2.05) is 0 Å². The van der Waals surface area contributed by atoms with Crippen molar-refractivity contribution in [2.24, 2.45) is 0 Å². The molecule has 1 aromatic rings. The summed E-state index contributed by atoms with van der Waals surface area (Å²) in [5, 5.41) is 1.73. The van der Waals surface area contributed by atoms with Crippen LogP contribution in [0.3, 0.4) is 0 Å². The van der Waals surface area contributed by atoms with E-state index in [2.05, 4.69) is 5.32 Å². The van der Waals surface area contributed by atoms with Crippen LogP contribution < -0.4 is 5.32 Å². The highest BCUT2D eigenvalue weighted by Gasteiger charge is 2.33. The zero-order chi connectivity index (χ0) is 22.5. The van der Waals surface area contributed by atoms with Gasteiger partial charge in [0.2, 0.25) is 11.8 Å². The van der Waals surface area contributed by atoms with Gasteiger partial charge in [-0.1, -0.05) is 11.6 Å². The zero-order valence-electron chi connectivity index (χ0n) is 15.6. The van der Waals surface area contributed by atoms with Crippen LogP contribution >= 0.6 is 23.4 Å². The number of halogens is 4. The molecule has 1 saturated heterocycles. The number of thioether (sulfide) groups is 1. The summed E-state index contributed by atoms with van der Waals surface area (Å²) in [5.41, 5.74) is -1.25. The first-order chi connectivity index (χ1) is 14.0. The predicted octanol–water partition coefficient (Wildman–Crippen LogP) is 1.83. The third-order valence-electron chi connectivity index (χ3n) is 3.86. The van der Waals surface area contributed by atoms with Gasteiger partial charge < -0.3 is 19.9 Å². The molecule has 0 aromatic heterocycles. The smallest absolute Gasteiger partial charge is 0.417 e. The second-order valence-electron chi connectivity index (χ2n) is 6.22. The van der Waals surface area contributed by atoms with E-state index < -0.39 is 47.7 Å². The lowest BCUT2D eigenvalue weighted by atomic mass is 10.2. The number of carbonyl (C=O) groups excluding carboxylic acids is 4. The molecule has 13 heteroatoms. The number of nitrogens with zero attached hydrogens (tertiary/aromatic N) is 2. The van der Waals surface area contributed by atoms with Gasteiger partial charge in [0.1, 0.15) is 6.54 Å². The molecule has 1 aliphatic heterocycles. The molecule has 1 N–H and O–H groups in total. The van der Waals surface area contributed by atoms with Crippen LogP contribution in [0.1, 0.15) is 5.56 Å². The van der Waals surface area contributed by atoms with E-state index in [0.29, 0.717) is 11.9 Å². The molecule has 1 aromatic carbocycles. The Morgan fingerprint density at radius 1 is 1.33 bits per heavy atom. The predicted molar refractivity (Wildman–Crippen MR) is 103 cm³/mol. The lowest BCUT2D eigenvalue weighted by molar-refractivity contribution is -0.153. The van der Waals surface area contributed by atoms with Gasteiger partial charge in [0.05, 0.1) is 28.8 Å². The number of carbonyl (C=O) groups is 4. The number of benzene rings is 1. The van der Waals surface area contributed by atoms with Gasteiger partial charge in [-0.05, 0) is 18.2 Å². The molecule has 1 heterocycles. The van der Waals surface area contributed by atoms with Gasteiger partial charge in [0, 0.05) is 12.7 Å². The molecule has 1 aliphatic rings. The highest BCUT2D eigenvalue weighted by atomic mass is 35.5. The molecule has 164 valence electrons. The van der Waals surface area contributed by atoms with Crippen molar-refractivity contribution in [3.63, 3.8) is 0 Å². The number of anilines is 1. The van der Waals surface area contributed by atoms with Gasteiger partial charge >= 0.3 is 12.1 Å². The fourth-order valence-electron chi connectivity index (χ4n) is 2.32. The summed E-state index contributed by atoms with van der Waals surface area (Å²) < 4.78 is 43.4. The second kappa shape index (κ2) is 10.0. The van der Waals surface area contributed by atoms with E-state index in [-0.39, 0.29) is 23.9 Å². The number of esters is 1. The molecular formula is C17H17ClF3N3O5S. The summed E-state index contributed by atoms with van der Waals surface area (Å²) in [6, 6.07) is 2.87. The number of rotatable bonds is 7. The summed E-state index contributed by atoms with van der Waals surface area (Å²) in [6.45, 7) is -1.40. The Kier molecular flexibility index (Phi) is 7.96. The van der Waals surface area contributed by atoms with Crippen molar-refractivity contribution in [2.45, 2.75) is 6.18 Å². The topological polar surface area (TPSA) is 96.0 Å². The van der Waals surface area contributed by atoms with Gasteiger partial charge in [0.15, 0.2) is 6.61 Å². The number of hydrogen-bond donors (Lipinski definition) is 1. The van der Waals surface area contributed by atoms with E-state index >= 15 is 0 Å². The molecule has 0 saturated carbocycles. The number of alkyl halides is 3. The lowest BCUT2D eigenvalue weighted by Gasteiger charge is -2.18. The number of hydrogen-bond acceptors (Lipinski definition) is 6. The molecule has 0 bridgehead atoms. The van der Waals surface area contributed by atoms with Gasteiger partial charge in [-0.3, -0.25) is 19.2 Å². The van der Waals surface area contributed by atoms with Crippen molar-refractivity contribution in [2.75, 3.05) is 43.7 Å². The molecule has 30 heavy (non-hydrogen) atoms. The van der Waals surface area contributed by atoms with Crippen LogP contribution in [0.2, 0.25) is 5.02 Å². The van der Waals surface area contributed by atoms with Crippen molar-refractivity contribution in [1.82, 2.24) is 9.80 Å². The molecule has 8 nitrogen and oxygen atoms in total. The average molecular weight is 468 g/mol. The summed E-state index contributed by atoms with van der Waals surface area (Å²) >= 11 is 6.87. The van der Waals surface area contributed by atoms with Gasteiger partial charge in [-0.25, -0.2) is 0 Å². The van der Waals surface area contributed by atoms with E-state index in [4.69, 9.17) is 16.3 Å². The van der Waals surface area contributed by atoms with E-state index in [1.165, 1.54) is 29.8 Å². The zero-order valence-corrected chi connectivity index (χ0v) is 17.2. The molecule has 3 amide bonds. The first-order valence-electron chi connectivity index (χ1n) is 8.39. The molecule has 0 spiro atoms. The Hall–Kier alpha value is -2.47. The Morgan fingerprint density at radius 2 is 2.03 bits per heavy atom. The third kappa shape index (κ3) is 6.80. The van der Waals surface area contributed by atoms with Gasteiger partial charge in [-0.2, -0.15) is 13.2 Å². The Morgan fingerprint density at radius 3 is 2.63 bits per heavy atom. The monoisotopic (exact) mass is 467 g/mol. The SMILES string of the molecule is CN(CC(=O)Nc1ccc(Cl)c(C(F)(F)F)c1)C(=O)COC(=O)CN1CSCC1=O. The van der Waals surface area contributed by atoms with Gasteiger partial charge in [0.25, 0.3) is 5.91 Å². The maximum atomic E-state index is 12.9. The van der Waals surface area contributed by atoms with Crippen molar-refractivity contribution in [1.29, 1.82) is 0 Å². The number of likely N-dealkylation sites (N-methyl/N-ethyl adjacent to an activating group) is 1. The molecular weight excluding hydrogens is 451 g/mol. The van der Waals surface area contributed by atoms with E-state index in [1.54, 1.807) is 0 Å². The molecule has 2 rings (SSSR count). The summed E-state index contributed by atoms with van der Waals surface area (Å²) in [6.07, 6.45) is -4.69. The minimum Gasteiger partial charge on any atom is -0.454 e. The summed E-state index contributed by atoms with van der Waals surface area (Å²) in [7, 11) is 1.26. The summed E-state index contributed by atoms with van der Waals surface area (Å²) in [5.74, 6) is -1.78. The van der Waals surface area contributed by atoms with E-state index in [9.17, 15) is 32.3 Å². The average Bonchev–Trinajstić information content (AvgIpc) is 3.04. The highest BCUT2D eigenvalue weighted by molar-refractivity contribution is 8.00. The lowest BCUT2D eigenvalue weighted by Crippen LogP contribution is -2.38. The van der Waals surface area contributed by atoms with Crippen LogP contribution in [-0.2, 0) is 30.1 Å². The van der Waals surface area contributed by atoms with Crippen LogP contribution in [0.4, 0.5) is 18.9 Å². The normalized spacial score (nSPS) is 13.9. The molecule has 1 fully saturated rings. The van der Waals surface area contributed by atoms with E-state index in [0.717, 1.165) is 11.0 Å². The molecule has 0 radical (unpaired) electrons. The molecule has 0 aliphatic carbocycles. The Labute approximate surface area is 178 Å². The highest BCUT2D eigenvalue weighted by Crippen LogP contribution is 2.36. The van der Waals surface area contributed by atoms with Crippen molar-refractivity contribution in [3.05, 3.63) is 28.8 Å². The first kappa shape index (κ1) is 23.8. The number of amides is 3. The maximum absolute atomic E-state index is 12.9. The Balaban J connectivity index is 1.81. The summed E-state index contributed by atoms with van der Waals surface area (Å²) in [4.78, 5) is 49.3. The Bertz CT molecular complexity index is 852. The van der Waals surface area contributed by atoms with Crippen molar-refractivity contribution >= 4 is 52.7 Å². The maximum Gasteiger partial charge on any atom is 0.417 e. The van der Waals surface area contributed by atoms with Crippen molar-refractivity contribution < 1.29 is 37.1 Å². The minimum absolute atomic E-state index is 0.142. The number of ether oxygens (including phenoxy) is 1. The van der Waals surface area contributed by atoms with Crippen molar-refractivity contribution in [3.8, 4) is 0 Å². The fourth-order valence-corrected chi connectivity index (χ4v) is 3.45. The van der Waals surface area contributed by atoms with Gasteiger partial charge in [-0.15, -0.1) is 11.8 Å². The molecule has 0 unspecified atom stereocenters. The number of nitrogens with one attached hydrogen (secondary N) is 1. The fraction of sp³-hybridized carbons (Fsp3) is 0.412. The second-order valence-corrected chi connectivity index (χ2v) is 7.58. The largest absolute Gasteiger partial charge is 0.454 e. The standard InChI is InChI=1S/C17H17ClF3N3O5S/c1-23(14(26)7-29-16(28)6-24-9-30-8-15(24)27)5-13(25)22-10-2-3-12(18)11(4-10)17(19,20)21/h2-4H,5-9H2,1H3,(H,22,25). The van der Waals surface area contributed by atoms with Crippen LogP contribution in [0.15, 0.2) is 18.2 Å². The quantitative estimate of drug-likeness (QED) is 0.615. The molecule has 0 atom stereocenters. The van der Waals surface area contributed by atoms with Crippen LogP contribution in [0.5, 0.6) is 0 Å².